The highest BCUT2D eigenvalue weighted by Crippen LogP contribution is 2.57. The number of ketones is 2. The first-order valence-corrected chi connectivity index (χ1v) is 21.3. The molecule has 2 aliphatic carbocycles. The number of nitrogens with one attached hydrogen (secondary N) is 2. The van der Waals surface area contributed by atoms with Crippen LogP contribution < -0.4 is 15.4 Å². The van der Waals surface area contributed by atoms with Crippen LogP contribution in [0.3, 0.4) is 0 Å². The second-order valence-corrected chi connectivity index (χ2v) is 17.3. The van der Waals surface area contributed by atoms with Crippen molar-refractivity contribution < 1.29 is 109 Å². The van der Waals surface area contributed by atoms with Gasteiger partial charge in [-0.15, -0.1) is 0 Å². The number of aliphatic carboxylic acids is 1. The fourth-order valence-corrected chi connectivity index (χ4v) is 9.26. The summed E-state index contributed by atoms with van der Waals surface area (Å²) in [7, 11) is 1.51. The van der Waals surface area contributed by atoms with Gasteiger partial charge < -0.3 is 100 Å². The third kappa shape index (κ3) is 8.14. The van der Waals surface area contributed by atoms with E-state index in [1.165, 1.54) is 20.0 Å². The molecular weight excluding hydrogens is 908 g/mol. The second-order valence-electron chi connectivity index (χ2n) is 17.3. The number of rotatable bonds is 10. The summed E-state index contributed by atoms with van der Waals surface area (Å²) < 4.78 is 34.7. The van der Waals surface area contributed by atoms with E-state index in [-0.39, 0.29) is 22.4 Å². The molecule has 1 amide bonds. The van der Waals surface area contributed by atoms with Crippen molar-refractivity contribution in [1.82, 2.24) is 10.6 Å². The van der Waals surface area contributed by atoms with Gasteiger partial charge in [-0.25, -0.2) is 0 Å². The molecule has 0 spiro atoms. The number of aromatic hydroxyl groups is 3. The Morgan fingerprint density at radius 2 is 1.31 bits per heavy atom. The van der Waals surface area contributed by atoms with Crippen LogP contribution in [0.1, 0.15) is 84.9 Å². The van der Waals surface area contributed by atoms with Gasteiger partial charge in [0.2, 0.25) is 6.29 Å². The highest BCUT2D eigenvalue weighted by molar-refractivity contribution is 6.31. The number of fused-ring (bicyclic) bond motifs is 5. The van der Waals surface area contributed by atoms with E-state index in [1.54, 1.807) is 6.92 Å². The van der Waals surface area contributed by atoms with E-state index in [0.717, 1.165) is 25.1 Å². The first-order valence-electron chi connectivity index (χ1n) is 21.3. The SMILES string of the molecule is CNC1C(C)OC(OC2c3cc(C)c(C(=O)NC(C)C(=O)O)c(O)c3-c3c(cc4c(c3O)C(=O)c3cc(OC5OCC(O)C(O)C5O)cc(O)c3C4=O)C2O)C(O)C1OC1OCC(O)C(O)C1O. The molecule has 14 N–H and O–H groups in total. The van der Waals surface area contributed by atoms with Crippen LogP contribution in [-0.4, -0.2) is 191 Å². The smallest absolute Gasteiger partial charge is 0.325 e. The summed E-state index contributed by atoms with van der Waals surface area (Å²) in [6.45, 7) is 3.18. The van der Waals surface area contributed by atoms with Gasteiger partial charge in [0, 0.05) is 28.3 Å². The lowest BCUT2D eigenvalue weighted by Gasteiger charge is -2.47. The number of benzene rings is 3. The molecule has 3 aromatic carbocycles. The van der Waals surface area contributed by atoms with Crippen LogP contribution in [0.5, 0.6) is 23.0 Å². The summed E-state index contributed by atoms with van der Waals surface area (Å²) in [5, 5.41) is 136. The van der Waals surface area contributed by atoms with Gasteiger partial charge in [-0.05, 0) is 56.6 Å². The number of aliphatic hydroxyl groups excluding tert-OH is 8. The Kier molecular flexibility index (Phi) is 13.3. The van der Waals surface area contributed by atoms with Crippen molar-refractivity contribution in [2.75, 3.05) is 20.3 Å². The lowest BCUT2D eigenvalue weighted by atomic mass is 9.74. The number of aryl methyl sites for hydroxylation is 1. The number of aliphatic hydroxyl groups is 8. The van der Waals surface area contributed by atoms with E-state index in [1.807, 2.05) is 0 Å². The van der Waals surface area contributed by atoms with Crippen LogP contribution >= 0.6 is 0 Å². The number of carbonyl (C=O) groups excluding carboxylic acids is 3. The predicted molar refractivity (Wildman–Crippen MR) is 222 cm³/mol. The van der Waals surface area contributed by atoms with Crippen LogP contribution in [0.25, 0.3) is 11.1 Å². The average molecular weight is 959 g/mol. The molecule has 68 heavy (non-hydrogen) atoms. The molecule has 5 aliphatic rings. The van der Waals surface area contributed by atoms with E-state index in [2.05, 4.69) is 10.6 Å². The number of hydrogen-bond acceptors (Lipinski definition) is 22. The molecule has 3 aromatic rings. The standard InChI is InChI=1S/C44H50N2O22/c1-11-5-18-25(33(55)22(11)40(60)46-12(2)41(61)62)24-16(30(52)38(18)67-44-37(59)39(27(45-4)13(3)65-44)68-43-36(58)32(54)21(49)10-64-43)8-17-26(34(24)56)29(51)15-6-14(7-19(47)23(15)28(17)50)66-42-35(57)31(53)20(48)9-63-42/h5-8,12-13,20-21,27,30-32,35-39,42-45,47-49,52-59H,9-10H2,1-4H3,(H,46,60)(H,61,62). The van der Waals surface area contributed by atoms with Crippen LogP contribution in [0.4, 0.5) is 0 Å². The number of phenolic OH excluding ortho intramolecular Hbond substituents is 3. The summed E-state index contributed by atoms with van der Waals surface area (Å²) in [6.07, 6.45) is -22.6. The van der Waals surface area contributed by atoms with Crippen LogP contribution in [0.2, 0.25) is 0 Å². The molecule has 16 unspecified atom stereocenters. The van der Waals surface area contributed by atoms with E-state index >= 15 is 0 Å². The molecule has 24 heteroatoms. The maximum atomic E-state index is 14.5. The first-order chi connectivity index (χ1) is 32.1. The number of phenols is 3. The van der Waals surface area contributed by atoms with Crippen molar-refractivity contribution in [3.05, 3.63) is 68.8 Å². The highest BCUT2D eigenvalue weighted by Gasteiger charge is 2.51. The molecular formula is C44H50N2O22. The number of amides is 1. The number of likely N-dealkylation sites (N-methyl/N-ethyl adjacent to an activating group) is 1. The Labute approximate surface area is 384 Å². The predicted octanol–water partition coefficient (Wildman–Crippen LogP) is -2.80. The van der Waals surface area contributed by atoms with Crippen molar-refractivity contribution in [2.24, 2.45) is 0 Å². The van der Waals surface area contributed by atoms with Gasteiger partial charge in [0.25, 0.3) is 5.91 Å². The monoisotopic (exact) mass is 958 g/mol. The van der Waals surface area contributed by atoms with Gasteiger partial charge in [0.15, 0.2) is 24.1 Å². The molecule has 0 radical (unpaired) electrons. The number of ether oxygens (including phenoxy) is 6. The average Bonchev–Trinajstić information content (AvgIpc) is 3.28. The normalized spacial score (nSPS) is 33.7. The van der Waals surface area contributed by atoms with E-state index in [9.17, 15) is 80.5 Å². The van der Waals surface area contributed by atoms with E-state index < -0.39 is 191 Å². The number of carboxylic acids is 1. The zero-order chi connectivity index (χ0) is 49.5. The lowest BCUT2D eigenvalue weighted by Crippen LogP contribution is -2.65. The van der Waals surface area contributed by atoms with Crippen LogP contribution in [0.15, 0.2) is 24.3 Å². The third-order valence-electron chi connectivity index (χ3n) is 12.9. The summed E-state index contributed by atoms with van der Waals surface area (Å²) in [5.41, 5.74) is -4.40. The molecule has 3 heterocycles. The summed E-state index contributed by atoms with van der Waals surface area (Å²) in [6, 6.07) is 1.83. The van der Waals surface area contributed by atoms with E-state index in [4.69, 9.17) is 28.4 Å². The van der Waals surface area contributed by atoms with Crippen molar-refractivity contribution in [3.8, 4) is 34.1 Å². The fourth-order valence-electron chi connectivity index (χ4n) is 9.26. The lowest BCUT2D eigenvalue weighted by molar-refractivity contribution is -0.339. The summed E-state index contributed by atoms with van der Waals surface area (Å²) in [4.78, 5) is 54.2. The van der Waals surface area contributed by atoms with Crippen LogP contribution in [-0.2, 0) is 28.5 Å². The minimum atomic E-state index is -1.98. The van der Waals surface area contributed by atoms with Gasteiger partial charge in [-0.2, -0.15) is 0 Å². The Balaban J connectivity index is 1.22. The minimum Gasteiger partial charge on any atom is -0.507 e. The minimum absolute atomic E-state index is 0.0190. The molecule has 16 atom stereocenters. The van der Waals surface area contributed by atoms with Gasteiger partial charge in [-0.3, -0.25) is 19.2 Å². The maximum absolute atomic E-state index is 14.5. The molecule has 3 saturated heterocycles. The molecule has 3 aliphatic heterocycles. The van der Waals surface area contributed by atoms with Crippen LogP contribution in [0, 0.1) is 6.92 Å². The largest absolute Gasteiger partial charge is 0.507 e. The number of carbonyl (C=O) groups is 4. The van der Waals surface area contributed by atoms with Gasteiger partial charge >= 0.3 is 5.97 Å². The molecule has 0 aromatic heterocycles. The second kappa shape index (κ2) is 18.5. The van der Waals surface area contributed by atoms with E-state index in [0.29, 0.717) is 0 Å². The number of hydrogen-bond donors (Lipinski definition) is 14. The van der Waals surface area contributed by atoms with Crippen molar-refractivity contribution >= 4 is 23.4 Å². The number of carboxylic acid groups (broad SMARTS) is 1. The molecule has 0 bridgehead atoms. The molecule has 24 nitrogen and oxygen atoms in total. The molecule has 368 valence electrons. The Morgan fingerprint density at radius 3 is 1.94 bits per heavy atom. The Bertz CT molecular complexity index is 2540. The topological polar surface area (TPSA) is 390 Å². The first kappa shape index (κ1) is 49.0. The molecule has 8 rings (SSSR count). The van der Waals surface area contributed by atoms with Gasteiger partial charge in [0.1, 0.15) is 90.1 Å². The third-order valence-corrected chi connectivity index (χ3v) is 12.9. The Morgan fingerprint density at radius 1 is 0.721 bits per heavy atom. The fraction of sp³-hybridized carbons (Fsp3) is 0.500. The van der Waals surface area contributed by atoms with Gasteiger partial charge in [-0.1, -0.05) is 6.07 Å². The molecule has 3 fully saturated rings. The van der Waals surface area contributed by atoms with Crippen molar-refractivity contribution in [2.45, 2.75) is 119 Å². The Hall–Kier alpha value is -5.42. The zero-order valence-corrected chi connectivity index (χ0v) is 36.4. The van der Waals surface area contributed by atoms with Gasteiger partial charge in [0.05, 0.1) is 42.0 Å². The van der Waals surface area contributed by atoms with Crippen molar-refractivity contribution in [3.63, 3.8) is 0 Å². The summed E-state index contributed by atoms with van der Waals surface area (Å²) >= 11 is 0. The van der Waals surface area contributed by atoms with Crippen molar-refractivity contribution in [1.29, 1.82) is 0 Å². The maximum Gasteiger partial charge on any atom is 0.325 e. The highest BCUT2D eigenvalue weighted by atomic mass is 16.7. The zero-order valence-electron chi connectivity index (χ0n) is 36.4. The quantitative estimate of drug-likeness (QED) is 0.0763. The molecule has 0 saturated carbocycles. The summed E-state index contributed by atoms with van der Waals surface area (Å²) in [5.74, 6) is -7.77.